The lowest BCUT2D eigenvalue weighted by atomic mass is 9.61. The first kappa shape index (κ1) is 38.2. The molecule has 2 saturated carbocycles. The van der Waals surface area contributed by atoms with Crippen molar-refractivity contribution < 1.29 is 56.7 Å². The minimum atomic E-state index is -2.10. The van der Waals surface area contributed by atoms with Gasteiger partial charge in [-0.3, -0.25) is 14.4 Å². The number of hydrogen-bond donors (Lipinski definition) is 3. The first-order chi connectivity index (χ1) is 24.4. The number of aliphatic hydroxyl groups excluding tert-OH is 1. The van der Waals surface area contributed by atoms with Crippen LogP contribution in [-0.4, -0.2) is 74.1 Å². The van der Waals surface area contributed by atoms with Crippen molar-refractivity contribution in [1.29, 1.82) is 0 Å². The highest BCUT2D eigenvalue weighted by Gasteiger charge is 2.87. The van der Waals surface area contributed by atoms with Crippen LogP contribution in [0.1, 0.15) is 51.7 Å². The normalized spacial score (nSPS) is 32.8. The summed E-state index contributed by atoms with van der Waals surface area (Å²) in [6, 6.07) is 5.48. The highest BCUT2D eigenvalue weighted by molar-refractivity contribution is 7.99. The molecule has 0 amide bonds. The number of thioether (sulfide) groups is 1. The summed E-state index contributed by atoms with van der Waals surface area (Å²) in [5, 5.41) is 34.6. The van der Waals surface area contributed by atoms with Crippen LogP contribution in [-0.2, 0) is 36.7 Å². The van der Waals surface area contributed by atoms with Crippen LogP contribution in [0, 0.1) is 52.4 Å². The Morgan fingerprint density at radius 2 is 1.52 bits per heavy atom. The molecule has 0 spiro atoms. The summed E-state index contributed by atoms with van der Waals surface area (Å²) in [6.45, 7) is 6.69. The molecular weight excluding hydrogens is 704 g/mol. The summed E-state index contributed by atoms with van der Waals surface area (Å²) in [5.74, 6) is -8.64. The fraction of sp³-hybridized carbons (Fsp3) is 0.513. The van der Waals surface area contributed by atoms with Gasteiger partial charge in [0.2, 0.25) is 0 Å². The zero-order valence-electron chi connectivity index (χ0n) is 29.3. The van der Waals surface area contributed by atoms with E-state index < -0.39 is 106 Å². The molecule has 0 aliphatic heterocycles. The van der Waals surface area contributed by atoms with Crippen LogP contribution in [0.15, 0.2) is 59.7 Å². The summed E-state index contributed by atoms with van der Waals surface area (Å²) in [4.78, 5) is 41.1. The van der Waals surface area contributed by atoms with Crippen molar-refractivity contribution in [3.05, 3.63) is 94.1 Å². The summed E-state index contributed by atoms with van der Waals surface area (Å²) >= 11 is 1.48. The zero-order chi connectivity index (χ0) is 38.0. The van der Waals surface area contributed by atoms with Crippen LogP contribution < -0.4 is 0 Å². The Bertz CT molecular complexity index is 1860. The van der Waals surface area contributed by atoms with Crippen LogP contribution in [0.25, 0.3) is 0 Å². The quantitative estimate of drug-likeness (QED) is 0.123. The Balaban J connectivity index is 1.45. The molecule has 6 rings (SSSR count). The van der Waals surface area contributed by atoms with Gasteiger partial charge in [-0.2, -0.15) is 11.8 Å². The van der Waals surface area contributed by atoms with E-state index in [4.69, 9.17) is 9.47 Å². The Morgan fingerprint density at radius 3 is 2.10 bits per heavy atom. The lowest BCUT2D eigenvalue weighted by Gasteiger charge is -2.51. The van der Waals surface area contributed by atoms with E-state index in [-0.39, 0.29) is 29.7 Å². The number of allylic oxidation sites excluding steroid dienone is 1. The fourth-order valence-corrected chi connectivity index (χ4v) is 10.0. The second-order valence-electron chi connectivity index (χ2n) is 15.1. The van der Waals surface area contributed by atoms with Gasteiger partial charge in [-0.05, 0) is 41.0 Å². The Kier molecular flexibility index (Phi) is 10.1. The summed E-state index contributed by atoms with van der Waals surface area (Å²) < 4.78 is 69.0. The van der Waals surface area contributed by atoms with Crippen molar-refractivity contribution in [1.82, 2.24) is 0 Å². The van der Waals surface area contributed by atoms with Crippen LogP contribution >= 0.6 is 11.8 Å². The number of benzene rings is 2. The van der Waals surface area contributed by atoms with Gasteiger partial charge < -0.3 is 24.8 Å². The van der Waals surface area contributed by atoms with Gasteiger partial charge in [0.1, 0.15) is 35.0 Å². The molecule has 4 aliphatic rings. The monoisotopic (exact) mass is 746 g/mol. The molecule has 0 saturated heterocycles. The van der Waals surface area contributed by atoms with Gasteiger partial charge >= 0.3 is 11.9 Å². The van der Waals surface area contributed by atoms with E-state index in [1.165, 1.54) is 11.8 Å². The minimum Gasteiger partial charge on any atom is -0.457 e. The van der Waals surface area contributed by atoms with Gasteiger partial charge in [0.25, 0.3) is 0 Å². The van der Waals surface area contributed by atoms with Gasteiger partial charge in [0, 0.05) is 60.0 Å². The fourth-order valence-electron chi connectivity index (χ4n) is 9.09. The second kappa shape index (κ2) is 13.7. The molecule has 0 aromatic heterocycles. The van der Waals surface area contributed by atoms with Gasteiger partial charge in [-0.1, -0.05) is 57.6 Å². The average Bonchev–Trinajstić information content (AvgIpc) is 3.49. The zero-order valence-corrected chi connectivity index (χ0v) is 30.1. The number of hydrogen-bond acceptors (Lipinski definition) is 9. The number of ketones is 1. The third kappa shape index (κ3) is 6.11. The number of esters is 2. The molecule has 4 aliphatic carbocycles. The van der Waals surface area contributed by atoms with E-state index in [1.54, 1.807) is 33.8 Å². The van der Waals surface area contributed by atoms with Crippen LogP contribution in [0.3, 0.4) is 0 Å². The maximum atomic E-state index is 14.7. The van der Waals surface area contributed by atoms with Crippen molar-refractivity contribution in [2.24, 2.45) is 29.1 Å². The highest BCUT2D eigenvalue weighted by Crippen LogP contribution is 2.77. The summed E-state index contributed by atoms with van der Waals surface area (Å²) in [5.41, 5.74) is -6.38. The molecule has 2 aromatic carbocycles. The van der Waals surface area contributed by atoms with E-state index in [1.807, 2.05) is 6.08 Å². The van der Waals surface area contributed by atoms with E-state index in [9.17, 15) is 47.3 Å². The Labute approximate surface area is 303 Å². The molecule has 280 valence electrons. The first-order valence-electron chi connectivity index (χ1n) is 17.3. The number of Topliss-reactive ketones (excluding diaryl/α,β-unsaturated/α-hetero) is 1. The van der Waals surface area contributed by atoms with Gasteiger partial charge in [-0.25, -0.2) is 17.6 Å². The molecular formula is C39H42F4O8S. The molecule has 0 radical (unpaired) electrons. The van der Waals surface area contributed by atoms with Crippen molar-refractivity contribution in [2.75, 3.05) is 18.1 Å². The number of rotatable bonds is 11. The topological polar surface area (TPSA) is 130 Å². The third-order valence-corrected chi connectivity index (χ3v) is 12.7. The van der Waals surface area contributed by atoms with Crippen LogP contribution in [0.5, 0.6) is 0 Å². The van der Waals surface area contributed by atoms with Crippen LogP contribution in [0.2, 0.25) is 0 Å². The second-order valence-corrected chi connectivity index (χ2v) is 16.2. The molecule has 0 bridgehead atoms. The van der Waals surface area contributed by atoms with Crippen molar-refractivity contribution in [3.8, 4) is 0 Å². The number of carbonyl (C=O) groups excluding carboxylic acids is 3. The minimum absolute atomic E-state index is 0.0152. The van der Waals surface area contributed by atoms with E-state index in [0.29, 0.717) is 35.6 Å². The van der Waals surface area contributed by atoms with Crippen LogP contribution in [0.4, 0.5) is 17.6 Å². The van der Waals surface area contributed by atoms with Crippen molar-refractivity contribution in [3.63, 3.8) is 0 Å². The van der Waals surface area contributed by atoms with E-state index >= 15 is 0 Å². The van der Waals surface area contributed by atoms with Crippen molar-refractivity contribution in [2.45, 2.75) is 76.3 Å². The summed E-state index contributed by atoms with van der Waals surface area (Å²) in [6.07, 6.45) is 1.09. The van der Waals surface area contributed by atoms with Gasteiger partial charge in [0.05, 0.1) is 12.8 Å². The number of fused-ring (bicyclic) bond motifs is 5. The molecule has 8 nitrogen and oxygen atoms in total. The smallest absolute Gasteiger partial charge is 0.311 e. The number of halogens is 4. The lowest BCUT2D eigenvalue weighted by Crippen LogP contribution is -2.63. The number of carbonyl (C=O) groups is 3. The van der Waals surface area contributed by atoms with E-state index in [0.717, 1.165) is 24.3 Å². The maximum absolute atomic E-state index is 14.7. The molecule has 2 aromatic rings. The molecule has 8 atom stereocenters. The van der Waals surface area contributed by atoms with Gasteiger partial charge in [-0.15, -0.1) is 0 Å². The maximum Gasteiger partial charge on any atom is 0.311 e. The number of ether oxygens (including phenoxy) is 2. The van der Waals surface area contributed by atoms with Gasteiger partial charge in [0.15, 0.2) is 17.0 Å². The Hall–Kier alpha value is -3.52. The molecule has 0 heterocycles. The molecule has 2 fully saturated rings. The predicted molar refractivity (Wildman–Crippen MR) is 183 cm³/mol. The summed E-state index contributed by atoms with van der Waals surface area (Å²) in [7, 11) is 0. The average molecular weight is 747 g/mol. The predicted octanol–water partition coefficient (Wildman–Crippen LogP) is 5.20. The molecule has 13 heteroatoms. The standard InChI is InChI=1S/C39H42F4O8S/c1-20-12-30-37(48,34(20)47)18-22(19-52-11-5-10-44)13-27-33-36(3,4)39(33,51-32(46)15-24-7-9-26(41)17-29(24)43)35(21(2)38(27,30)49)50-31(45)14-23-6-8-25(40)16-28(23)42/h6-9,12-13,16-17,20-21,27,33,35,44,48-49H,5,10-11,14-15,18-19H2,1-4H3/t20?,21-,27+,33-,35-,37-,38-,39-/m1/s1. The first-order valence-corrected chi connectivity index (χ1v) is 18.5. The molecule has 52 heavy (non-hydrogen) atoms. The third-order valence-electron chi connectivity index (χ3n) is 11.6. The molecule has 3 N–H and O–H groups in total. The van der Waals surface area contributed by atoms with E-state index in [2.05, 4.69) is 0 Å². The number of aliphatic hydroxyl groups is 3. The van der Waals surface area contributed by atoms with Crippen molar-refractivity contribution >= 4 is 29.5 Å². The largest absolute Gasteiger partial charge is 0.457 e. The Morgan fingerprint density at radius 1 is 0.923 bits per heavy atom. The molecule has 1 unspecified atom stereocenters. The SMILES string of the molecule is CC1C=C2[C@](O)(CC(CSCCCO)=C[C@H]3[C@@H]4C(C)(C)[C@]4(OC(=O)Cc4ccc(F)cc4F)[C@H](OC(=O)Cc4ccc(F)cc4F)[C@@H](C)[C@]23O)C1=O. The highest BCUT2D eigenvalue weighted by atomic mass is 32.2. The lowest BCUT2D eigenvalue weighted by molar-refractivity contribution is -0.207.